The van der Waals surface area contributed by atoms with Crippen molar-refractivity contribution in [1.82, 2.24) is 9.78 Å². The monoisotopic (exact) mass is 251 g/mol. The van der Waals surface area contributed by atoms with E-state index < -0.39 is 0 Å². The highest BCUT2D eigenvalue weighted by Gasteiger charge is 2.40. The predicted molar refractivity (Wildman–Crippen MR) is 72.4 cm³/mol. The van der Waals surface area contributed by atoms with Crippen molar-refractivity contribution in [3.8, 4) is 0 Å². The van der Waals surface area contributed by atoms with Gasteiger partial charge in [-0.2, -0.15) is 5.10 Å². The second-order valence-corrected chi connectivity index (χ2v) is 5.42. The lowest BCUT2D eigenvalue weighted by Gasteiger charge is -2.35. The molecule has 102 valence electrons. The summed E-state index contributed by atoms with van der Waals surface area (Å²) in [4.78, 5) is 0. The molecule has 1 aliphatic rings. The Morgan fingerprint density at radius 2 is 2.17 bits per heavy atom. The van der Waals surface area contributed by atoms with E-state index in [-0.39, 0.29) is 11.6 Å². The van der Waals surface area contributed by atoms with Gasteiger partial charge in [0.1, 0.15) is 0 Å². The number of hydrogen-bond acceptors (Lipinski definition) is 3. The lowest BCUT2D eigenvalue weighted by molar-refractivity contribution is -0.0528. The maximum absolute atomic E-state index is 6.44. The molecule has 1 atom stereocenters. The second kappa shape index (κ2) is 5.41. The number of nitrogens with two attached hydrogens (primary N) is 1. The molecule has 1 fully saturated rings. The van der Waals surface area contributed by atoms with Crippen molar-refractivity contribution in [2.24, 2.45) is 12.8 Å². The number of rotatable bonds is 5. The molecule has 4 nitrogen and oxygen atoms in total. The van der Waals surface area contributed by atoms with E-state index in [1.165, 1.54) is 18.5 Å². The van der Waals surface area contributed by atoms with Crippen LogP contribution in [0, 0.1) is 6.92 Å². The van der Waals surface area contributed by atoms with Crippen molar-refractivity contribution in [2.45, 2.75) is 57.6 Å². The third-order valence-corrected chi connectivity index (χ3v) is 4.09. The minimum atomic E-state index is -0.104. The summed E-state index contributed by atoms with van der Waals surface area (Å²) in [5.74, 6) is 0. The van der Waals surface area contributed by atoms with Gasteiger partial charge in [0.05, 0.1) is 11.3 Å². The van der Waals surface area contributed by atoms with E-state index >= 15 is 0 Å². The molecule has 4 heteroatoms. The summed E-state index contributed by atoms with van der Waals surface area (Å²) in [7, 11) is 1.98. The molecule has 18 heavy (non-hydrogen) atoms. The van der Waals surface area contributed by atoms with Gasteiger partial charge in [-0.15, -0.1) is 0 Å². The highest BCUT2D eigenvalue weighted by atomic mass is 16.5. The fraction of sp³-hybridized carbons (Fsp3) is 0.786. The Kier molecular flexibility index (Phi) is 4.07. The Balaban J connectivity index is 2.10. The first-order valence-electron chi connectivity index (χ1n) is 6.96. The van der Waals surface area contributed by atoms with Crippen molar-refractivity contribution in [3.05, 3.63) is 17.5 Å². The topological polar surface area (TPSA) is 53.1 Å². The van der Waals surface area contributed by atoms with E-state index in [0.717, 1.165) is 31.6 Å². The molecule has 1 heterocycles. The average Bonchev–Trinajstić information content (AvgIpc) is 2.88. The molecule has 0 bridgehead atoms. The molecular formula is C14H25N3O. The smallest absolute Gasteiger partial charge is 0.0836 e. The number of hydrogen-bond donors (Lipinski definition) is 1. The minimum Gasteiger partial charge on any atom is -0.374 e. The van der Waals surface area contributed by atoms with Gasteiger partial charge in [0.15, 0.2) is 0 Å². The van der Waals surface area contributed by atoms with Crippen LogP contribution in [0.3, 0.4) is 0 Å². The van der Waals surface area contributed by atoms with Gasteiger partial charge < -0.3 is 10.5 Å². The largest absolute Gasteiger partial charge is 0.374 e. The molecule has 1 aromatic heterocycles. The zero-order valence-electron chi connectivity index (χ0n) is 11.8. The predicted octanol–water partition coefficient (Wildman–Crippen LogP) is 1.95. The highest BCUT2D eigenvalue weighted by molar-refractivity contribution is 5.12. The van der Waals surface area contributed by atoms with Crippen LogP contribution < -0.4 is 5.73 Å². The van der Waals surface area contributed by atoms with E-state index in [1.54, 1.807) is 0 Å². The highest BCUT2D eigenvalue weighted by Crippen LogP contribution is 2.36. The van der Waals surface area contributed by atoms with Crippen molar-refractivity contribution in [3.63, 3.8) is 0 Å². The maximum atomic E-state index is 6.44. The fourth-order valence-corrected chi connectivity index (χ4v) is 3.15. The standard InChI is InChI=1S/C14H25N3O/c1-4-18-14(7-5-6-8-14)13(15)10-12-9-11(2)16-17(12)3/h9,13H,4-8,10,15H2,1-3H3. The quantitative estimate of drug-likeness (QED) is 0.870. The van der Waals surface area contributed by atoms with Gasteiger partial charge >= 0.3 is 0 Å². The van der Waals surface area contributed by atoms with Crippen LogP contribution in [0.4, 0.5) is 0 Å². The fourth-order valence-electron chi connectivity index (χ4n) is 3.15. The average molecular weight is 251 g/mol. The SMILES string of the molecule is CCOC1(C(N)Cc2cc(C)nn2C)CCCC1. The summed E-state index contributed by atoms with van der Waals surface area (Å²) in [6, 6.07) is 2.18. The van der Waals surface area contributed by atoms with E-state index in [4.69, 9.17) is 10.5 Å². The van der Waals surface area contributed by atoms with Gasteiger partial charge in [0, 0.05) is 31.8 Å². The van der Waals surface area contributed by atoms with Gasteiger partial charge in [-0.1, -0.05) is 12.8 Å². The number of ether oxygens (including phenoxy) is 1. The van der Waals surface area contributed by atoms with Gasteiger partial charge in [0.2, 0.25) is 0 Å². The Labute approximate surface area is 110 Å². The van der Waals surface area contributed by atoms with Gasteiger partial charge in [0.25, 0.3) is 0 Å². The molecule has 1 unspecified atom stereocenters. The molecule has 1 aliphatic carbocycles. The Morgan fingerprint density at radius 1 is 1.50 bits per heavy atom. The first kappa shape index (κ1) is 13.6. The Hall–Kier alpha value is -0.870. The van der Waals surface area contributed by atoms with E-state index in [2.05, 4.69) is 18.1 Å². The first-order chi connectivity index (χ1) is 8.57. The minimum absolute atomic E-state index is 0.0646. The molecule has 0 radical (unpaired) electrons. The van der Waals surface area contributed by atoms with Crippen LogP contribution in [-0.4, -0.2) is 28.0 Å². The molecular weight excluding hydrogens is 226 g/mol. The molecule has 1 saturated carbocycles. The summed E-state index contributed by atoms with van der Waals surface area (Å²) in [5, 5.41) is 4.38. The van der Waals surface area contributed by atoms with Crippen LogP contribution in [0.2, 0.25) is 0 Å². The van der Waals surface area contributed by atoms with Crippen LogP contribution in [0.15, 0.2) is 6.07 Å². The summed E-state index contributed by atoms with van der Waals surface area (Å²) in [5.41, 5.74) is 8.59. The summed E-state index contributed by atoms with van der Waals surface area (Å²) in [6.07, 6.45) is 5.51. The Morgan fingerprint density at radius 3 is 2.67 bits per heavy atom. The molecule has 2 N–H and O–H groups in total. The molecule has 2 rings (SSSR count). The number of aromatic nitrogens is 2. The maximum Gasteiger partial charge on any atom is 0.0836 e. The van der Waals surface area contributed by atoms with E-state index in [0.29, 0.717) is 0 Å². The van der Waals surface area contributed by atoms with Crippen LogP contribution >= 0.6 is 0 Å². The van der Waals surface area contributed by atoms with Crippen LogP contribution in [0.1, 0.15) is 44.0 Å². The molecule has 0 aliphatic heterocycles. The third kappa shape index (κ3) is 2.59. The van der Waals surface area contributed by atoms with Gasteiger partial charge in [-0.3, -0.25) is 4.68 Å². The normalized spacial score (nSPS) is 20.2. The number of nitrogens with zero attached hydrogens (tertiary/aromatic N) is 2. The van der Waals surface area contributed by atoms with Crippen molar-refractivity contribution >= 4 is 0 Å². The summed E-state index contributed by atoms with van der Waals surface area (Å²) in [6.45, 7) is 4.82. The summed E-state index contributed by atoms with van der Waals surface area (Å²) < 4.78 is 7.95. The van der Waals surface area contributed by atoms with Gasteiger partial charge in [-0.05, 0) is 32.8 Å². The zero-order chi connectivity index (χ0) is 13.2. The number of aryl methyl sites for hydroxylation is 2. The van der Waals surface area contributed by atoms with Crippen LogP contribution in [-0.2, 0) is 18.2 Å². The van der Waals surface area contributed by atoms with E-state index in [1.807, 2.05) is 18.7 Å². The molecule has 0 saturated heterocycles. The first-order valence-corrected chi connectivity index (χ1v) is 6.96. The molecule has 1 aromatic rings. The Bertz CT molecular complexity index is 394. The molecule has 0 spiro atoms. The third-order valence-electron chi connectivity index (χ3n) is 4.09. The van der Waals surface area contributed by atoms with Crippen molar-refractivity contribution in [1.29, 1.82) is 0 Å². The lowest BCUT2D eigenvalue weighted by Crippen LogP contribution is -2.49. The zero-order valence-corrected chi connectivity index (χ0v) is 11.8. The van der Waals surface area contributed by atoms with Crippen LogP contribution in [0.5, 0.6) is 0 Å². The van der Waals surface area contributed by atoms with Gasteiger partial charge in [-0.25, -0.2) is 0 Å². The molecule has 0 amide bonds. The van der Waals surface area contributed by atoms with Crippen molar-refractivity contribution in [2.75, 3.05) is 6.61 Å². The lowest BCUT2D eigenvalue weighted by atomic mass is 9.89. The molecule has 0 aromatic carbocycles. The summed E-state index contributed by atoms with van der Waals surface area (Å²) >= 11 is 0. The van der Waals surface area contributed by atoms with E-state index in [9.17, 15) is 0 Å². The second-order valence-electron chi connectivity index (χ2n) is 5.42. The van der Waals surface area contributed by atoms with Crippen molar-refractivity contribution < 1.29 is 4.74 Å². The van der Waals surface area contributed by atoms with Crippen LogP contribution in [0.25, 0.3) is 0 Å².